The molecule has 0 aliphatic heterocycles. The van der Waals surface area contributed by atoms with Gasteiger partial charge in [-0.25, -0.2) is 0 Å². The van der Waals surface area contributed by atoms with Gasteiger partial charge in [0.25, 0.3) is 0 Å². The van der Waals surface area contributed by atoms with Crippen molar-refractivity contribution < 1.29 is 19.0 Å². The summed E-state index contributed by atoms with van der Waals surface area (Å²) in [6.45, 7) is 0. The zero-order valence-corrected chi connectivity index (χ0v) is 13.3. The van der Waals surface area contributed by atoms with Gasteiger partial charge in [0.1, 0.15) is 5.75 Å². The number of nitrogens with one attached hydrogen (secondary N) is 1. The minimum Gasteiger partial charge on any atom is -0.497 e. The molecule has 2 aromatic carbocycles. The molecule has 1 amide bonds. The van der Waals surface area contributed by atoms with Gasteiger partial charge in [0.2, 0.25) is 5.91 Å². The molecule has 120 valence electrons. The normalized spacial score (nSPS) is 10.4. The molecule has 0 aromatic heterocycles. The predicted octanol–water partition coefficient (Wildman–Crippen LogP) is 3.36. The molecule has 0 unspecified atom stereocenters. The lowest BCUT2D eigenvalue weighted by Gasteiger charge is -2.09. The molecule has 2 aromatic rings. The van der Waals surface area contributed by atoms with Crippen molar-refractivity contribution in [2.45, 2.75) is 0 Å². The Bertz CT molecular complexity index is 710. The van der Waals surface area contributed by atoms with Crippen molar-refractivity contribution in [3.8, 4) is 17.2 Å². The number of amides is 1. The van der Waals surface area contributed by atoms with Crippen LogP contribution in [0.3, 0.4) is 0 Å². The largest absolute Gasteiger partial charge is 0.497 e. The van der Waals surface area contributed by atoms with Crippen molar-refractivity contribution in [2.24, 2.45) is 0 Å². The summed E-state index contributed by atoms with van der Waals surface area (Å²) >= 11 is 0. The van der Waals surface area contributed by atoms with Gasteiger partial charge < -0.3 is 19.5 Å². The van der Waals surface area contributed by atoms with E-state index in [1.807, 2.05) is 24.3 Å². The van der Waals surface area contributed by atoms with Crippen LogP contribution in [-0.2, 0) is 4.79 Å². The number of ether oxygens (including phenoxy) is 3. The molecule has 2 rings (SSSR count). The van der Waals surface area contributed by atoms with Crippen LogP contribution in [0.5, 0.6) is 17.2 Å². The third-order valence-corrected chi connectivity index (χ3v) is 3.17. The van der Waals surface area contributed by atoms with E-state index in [4.69, 9.17) is 14.2 Å². The van der Waals surface area contributed by atoms with Crippen LogP contribution in [0.25, 0.3) is 6.08 Å². The molecule has 0 spiro atoms. The molecule has 0 fully saturated rings. The third kappa shape index (κ3) is 4.51. The van der Waals surface area contributed by atoms with E-state index in [1.54, 1.807) is 45.6 Å². The number of methoxy groups -OCH3 is 3. The van der Waals surface area contributed by atoms with Crippen molar-refractivity contribution in [1.82, 2.24) is 0 Å². The first-order valence-electron chi connectivity index (χ1n) is 7.01. The summed E-state index contributed by atoms with van der Waals surface area (Å²) in [6, 6.07) is 12.6. The first-order valence-corrected chi connectivity index (χ1v) is 7.01. The van der Waals surface area contributed by atoms with Crippen LogP contribution in [-0.4, -0.2) is 27.2 Å². The van der Waals surface area contributed by atoms with Crippen LogP contribution in [0.15, 0.2) is 48.5 Å². The standard InChI is InChI=1S/C18H19NO4/c1-21-15-6-4-5-13(11-15)7-10-18(20)19-14-8-9-16(22-2)17(12-14)23-3/h4-12H,1-3H3,(H,19,20)/b10-7+. The number of rotatable bonds is 6. The number of hydrogen-bond donors (Lipinski definition) is 1. The molecule has 0 atom stereocenters. The van der Waals surface area contributed by atoms with E-state index in [0.717, 1.165) is 11.3 Å². The van der Waals surface area contributed by atoms with E-state index in [0.29, 0.717) is 17.2 Å². The number of carbonyl (C=O) groups is 1. The second-order valence-corrected chi connectivity index (χ2v) is 4.67. The second kappa shape index (κ2) is 7.89. The predicted molar refractivity (Wildman–Crippen MR) is 90.2 cm³/mol. The molecular formula is C18H19NO4. The second-order valence-electron chi connectivity index (χ2n) is 4.67. The highest BCUT2D eigenvalue weighted by Gasteiger charge is 2.05. The quantitative estimate of drug-likeness (QED) is 0.831. The third-order valence-electron chi connectivity index (χ3n) is 3.17. The van der Waals surface area contributed by atoms with Gasteiger partial charge in [0, 0.05) is 17.8 Å². The number of carbonyl (C=O) groups excluding carboxylic acids is 1. The van der Waals surface area contributed by atoms with E-state index in [2.05, 4.69) is 5.32 Å². The van der Waals surface area contributed by atoms with E-state index in [-0.39, 0.29) is 5.91 Å². The first-order chi connectivity index (χ1) is 11.2. The van der Waals surface area contributed by atoms with Gasteiger partial charge in [0.05, 0.1) is 21.3 Å². The highest BCUT2D eigenvalue weighted by molar-refractivity contribution is 6.02. The van der Waals surface area contributed by atoms with Crippen LogP contribution in [0, 0.1) is 0 Å². The minimum absolute atomic E-state index is 0.236. The molecule has 0 bridgehead atoms. The highest BCUT2D eigenvalue weighted by Crippen LogP contribution is 2.29. The lowest BCUT2D eigenvalue weighted by molar-refractivity contribution is -0.111. The van der Waals surface area contributed by atoms with Crippen LogP contribution in [0.2, 0.25) is 0 Å². The fraction of sp³-hybridized carbons (Fsp3) is 0.167. The molecule has 5 heteroatoms. The maximum atomic E-state index is 12.0. The molecular weight excluding hydrogens is 294 g/mol. The molecule has 5 nitrogen and oxygen atoms in total. The van der Waals surface area contributed by atoms with Crippen LogP contribution in [0.1, 0.15) is 5.56 Å². The maximum Gasteiger partial charge on any atom is 0.248 e. The summed E-state index contributed by atoms with van der Waals surface area (Å²) in [5, 5.41) is 2.77. The first kappa shape index (κ1) is 16.4. The van der Waals surface area contributed by atoms with Crippen molar-refractivity contribution in [1.29, 1.82) is 0 Å². The van der Waals surface area contributed by atoms with E-state index in [1.165, 1.54) is 6.08 Å². The van der Waals surface area contributed by atoms with Gasteiger partial charge in [-0.15, -0.1) is 0 Å². The fourth-order valence-corrected chi connectivity index (χ4v) is 2.02. The Balaban J connectivity index is 2.05. The average Bonchev–Trinajstić information content (AvgIpc) is 2.60. The smallest absolute Gasteiger partial charge is 0.248 e. The fourth-order valence-electron chi connectivity index (χ4n) is 2.02. The number of benzene rings is 2. The van der Waals surface area contributed by atoms with Crippen LogP contribution < -0.4 is 19.5 Å². The topological polar surface area (TPSA) is 56.8 Å². The van der Waals surface area contributed by atoms with Gasteiger partial charge >= 0.3 is 0 Å². The summed E-state index contributed by atoms with van der Waals surface area (Å²) in [7, 11) is 4.71. The van der Waals surface area contributed by atoms with Gasteiger partial charge in [-0.3, -0.25) is 4.79 Å². The van der Waals surface area contributed by atoms with Crippen LogP contribution >= 0.6 is 0 Å². The minimum atomic E-state index is -0.236. The summed E-state index contributed by atoms with van der Waals surface area (Å²) in [5.74, 6) is 1.67. The van der Waals surface area contributed by atoms with Crippen LogP contribution in [0.4, 0.5) is 5.69 Å². The van der Waals surface area contributed by atoms with Gasteiger partial charge in [-0.2, -0.15) is 0 Å². The number of anilines is 1. The summed E-state index contributed by atoms with van der Waals surface area (Å²) < 4.78 is 15.5. The summed E-state index contributed by atoms with van der Waals surface area (Å²) in [6.07, 6.45) is 3.18. The van der Waals surface area contributed by atoms with Gasteiger partial charge in [0.15, 0.2) is 11.5 Å². The zero-order valence-electron chi connectivity index (χ0n) is 13.3. The highest BCUT2D eigenvalue weighted by atomic mass is 16.5. The molecule has 0 aliphatic carbocycles. The van der Waals surface area contributed by atoms with Crippen molar-refractivity contribution in [3.63, 3.8) is 0 Å². The molecule has 1 N–H and O–H groups in total. The zero-order chi connectivity index (χ0) is 16.7. The molecule has 0 saturated carbocycles. The number of hydrogen-bond acceptors (Lipinski definition) is 4. The molecule has 0 aliphatic rings. The van der Waals surface area contributed by atoms with Crippen molar-refractivity contribution in [3.05, 3.63) is 54.1 Å². The SMILES string of the molecule is COc1cccc(/C=C/C(=O)Nc2ccc(OC)c(OC)c2)c1. The molecule has 0 radical (unpaired) electrons. The van der Waals surface area contributed by atoms with Gasteiger partial charge in [-0.1, -0.05) is 12.1 Å². The van der Waals surface area contributed by atoms with Crippen molar-refractivity contribution in [2.75, 3.05) is 26.6 Å². The summed E-state index contributed by atoms with van der Waals surface area (Å²) in [5.41, 5.74) is 1.51. The molecule has 0 saturated heterocycles. The molecule has 0 heterocycles. The Morgan fingerprint density at radius 2 is 1.74 bits per heavy atom. The molecule has 23 heavy (non-hydrogen) atoms. The van der Waals surface area contributed by atoms with E-state index >= 15 is 0 Å². The lowest BCUT2D eigenvalue weighted by Crippen LogP contribution is -2.07. The van der Waals surface area contributed by atoms with E-state index in [9.17, 15) is 4.79 Å². The average molecular weight is 313 g/mol. The summed E-state index contributed by atoms with van der Waals surface area (Å²) in [4.78, 5) is 12.0. The Morgan fingerprint density at radius 1 is 0.957 bits per heavy atom. The maximum absolute atomic E-state index is 12.0. The van der Waals surface area contributed by atoms with E-state index < -0.39 is 0 Å². The lowest BCUT2D eigenvalue weighted by atomic mass is 10.2. The Kier molecular flexibility index (Phi) is 5.63. The Labute approximate surface area is 135 Å². The van der Waals surface area contributed by atoms with Gasteiger partial charge in [-0.05, 0) is 35.9 Å². The van der Waals surface area contributed by atoms with Crippen molar-refractivity contribution >= 4 is 17.7 Å². The monoisotopic (exact) mass is 313 g/mol. The Hall–Kier alpha value is -2.95. The Morgan fingerprint density at radius 3 is 2.43 bits per heavy atom.